The number of aliphatic hydroxyl groups is 1. The van der Waals surface area contributed by atoms with E-state index in [1.54, 1.807) is 0 Å². The van der Waals surface area contributed by atoms with Gasteiger partial charge >= 0.3 is 0 Å². The van der Waals surface area contributed by atoms with Crippen LogP contribution in [0.1, 0.15) is 33.1 Å². The van der Waals surface area contributed by atoms with Crippen molar-refractivity contribution >= 4 is 5.91 Å². The summed E-state index contributed by atoms with van der Waals surface area (Å²) in [6, 6.07) is 0.0519. The SMILES string of the molecule is CC(CO)C(C)NC(=O)CCN1CCCC1. The maximum absolute atomic E-state index is 11.6. The summed E-state index contributed by atoms with van der Waals surface area (Å²) in [7, 11) is 0. The largest absolute Gasteiger partial charge is 0.396 e. The van der Waals surface area contributed by atoms with E-state index in [0.717, 1.165) is 19.6 Å². The lowest BCUT2D eigenvalue weighted by Gasteiger charge is -2.20. The highest BCUT2D eigenvalue weighted by atomic mass is 16.3. The van der Waals surface area contributed by atoms with Gasteiger partial charge in [0.2, 0.25) is 5.91 Å². The zero-order valence-corrected chi connectivity index (χ0v) is 10.4. The first kappa shape index (κ1) is 13.5. The van der Waals surface area contributed by atoms with Crippen LogP contribution >= 0.6 is 0 Å². The molecule has 4 nitrogen and oxygen atoms in total. The fourth-order valence-corrected chi connectivity index (χ4v) is 1.89. The number of nitrogens with one attached hydrogen (secondary N) is 1. The molecule has 1 saturated heterocycles. The third kappa shape index (κ3) is 4.49. The second kappa shape index (κ2) is 6.86. The summed E-state index contributed by atoms with van der Waals surface area (Å²) < 4.78 is 0. The molecule has 0 aromatic carbocycles. The molecule has 0 spiro atoms. The van der Waals surface area contributed by atoms with Gasteiger partial charge in [-0.05, 0) is 38.8 Å². The highest BCUT2D eigenvalue weighted by molar-refractivity contribution is 5.76. The van der Waals surface area contributed by atoms with Crippen LogP contribution in [0.2, 0.25) is 0 Å². The average Bonchev–Trinajstić information content (AvgIpc) is 2.78. The van der Waals surface area contributed by atoms with Gasteiger partial charge < -0.3 is 15.3 Å². The second-order valence-corrected chi connectivity index (χ2v) is 4.81. The normalized spacial score (nSPS) is 20.7. The van der Waals surface area contributed by atoms with Crippen molar-refractivity contribution < 1.29 is 9.90 Å². The minimum atomic E-state index is 0.0519. The summed E-state index contributed by atoms with van der Waals surface area (Å²) in [5.41, 5.74) is 0. The quantitative estimate of drug-likeness (QED) is 0.700. The number of hydrogen-bond acceptors (Lipinski definition) is 3. The van der Waals surface area contributed by atoms with Crippen LogP contribution < -0.4 is 5.32 Å². The molecule has 0 aromatic heterocycles. The topological polar surface area (TPSA) is 52.6 Å². The Hall–Kier alpha value is -0.610. The number of carbonyl (C=O) groups excluding carboxylic acids is 1. The smallest absolute Gasteiger partial charge is 0.221 e. The number of hydrogen-bond donors (Lipinski definition) is 2. The van der Waals surface area contributed by atoms with Crippen molar-refractivity contribution in [2.24, 2.45) is 5.92 Å². The second-order valence-electron chi connectivity index (χ2n) is 4.81. The van der Waals surface area contributed by atoms with E-state index in [0.29, 0.717) is 6.42 Å². The van der Waals surface area contributed by atoms with Crippen molar-refractivity contribution in [2.75, 3.05) is 26.2 Å². The average molecular weight is 228 g/mol. The third-order valence-corrected chi connectivity index (χ3v) is 3.38. The predicted octanol–water partition coefficient (Wildman–Crippen LogP) is 0.605. The summed E-state index contributed by atoms with van der Waals surface area (Å²) in [6.45, 7) is 7.13. The van der Waals surface area contributed by atoms with E-state index in [1.807, 2.05) is 13.8 Å². The minimum Gasteiger partial charge on any atom is -0.396 e. The summed E-state index contributed by atoms with van der Waals surface area (Å²) in [5, 5.41) is 11.9. The molecule has 0 radical (unpaired) electrons. The lowest BCUT2D eigenvalue weighted by molar-refractivity contribution is -0.122. The third-order valence-electron chi connectivity index (χ3n) is 3.38. The van der Waals surface area contributed by atoms with Crippen LogP contribution in [0.15, 0.2) is 0 Å². The van der Waals surface area contributed by atoms with Gasteiger partial charge in [0, 0.05) is 25.6 Å². The first-order valence-electron chi connectivity index (χ1n) is 6.26. The van der Waals surface area contributed by atoms with E-state index in [-0.39, 0.29) is 24.5 Å². The maximum atomic E-state index is 11.6. The molecule has 16 heavy (non-hydrogen) atoms. The molecule has 2 N–H and O–H groups in total. The lowest BCUT2D eigenvalue weighted by Crippen LogP contribution is -2.39. The van der Waals surface area contributed by atoms with Crippen LogP contribution in [0.25, 0.3) is 0 Å². The van der Waals surface area contributed by atoms with Gasteiger partial charge in [0.1, 0.15) is 0 Å². The van der Waals surface area contributed by atoms with Crippen molar-refractivity contribution in [2.45, 2.75) is 39.2 Å². The van der Waals surface area contributed by atoms with Crippen molar-refractivity contribution in [3.05, 3.63) is 0 Å². The number of likely N-dealkylation sites (tertiary alicyclic amines) is 1. The van der Waals surface area contributed by atoms with Crippen molar-refractivity contribution in [1.82, 2.24) is 10.2 Å². The van der Waals surface area contributed by atoms with E-state index in [1.165, 1.54) is 12.8 Å². The van der Waals surface area contributed by atoms with Crippen molar-refractivity contribution in [3.8, 4) is 0 Å². The predicted molar refractivity (Wildman–Crippen MR) is 64.1 cm³/mol. The van der Waals surface area contributed by atoms with Gasteiger partial charge in [0.05, 0.1) is 0 Å². The molecular weight excluding hydrogens is 204 g/mol. The first-order valence-corrected chi connectivity index (χ1v) is 6.26. The van der Waals surface area contributed by atoms with E-state index in [9.17, 15) is 4.79 Å². The highest BCUT2D eigenvalue weighted by Crippen LogP contribution is 2.07. The number of rotatable bonds is 6. The number of amides is 1. The van der Waals surface area contributed by atoms with Gasteiger partial charge in [-0.1, -0.05) is 6.92 Å². The van der Waals surface area contributed by atoms with Crippen molar-refractivity contribution in [3.63, 3.8) is 0 Å². The fraction of sp³-hybridized carbons (Fsp3) is 0.917. The van der Waals surface area contributed by atoms with Gasteiger partial charge in [-0.3, -0.25) is 4.79 Å². The van der Waals surface area contributed by atoms with E-state index < -0.39 is 0 Å². The molecule has 1 aliphatic rings. The van der Waals surface area contributed by atoms with Crippen LogP contribution in [0.5, 0.6) is 0 Å². The fourth-order valence-electron chi connectivity index (χ4n) is 1.89. The monoisotopic (exact) mass is 228 g/mol. The van der Waals surface area contributed by atoms with Crippen LogP contribution in [0, 0.1) is 5.92 Å². The van der Waals surface area contributed by atoms with Crippen LogP contribution in [-0.4, -0.2) is 48.2 Å². The Labute approximate surface area is 98.0 Å². The van der Waals surface area contributed by atoms with Crippen molar-refractivity contribution in [1.29, 1.82) is 0 Å². The number of aliphatic hydroxyl groups excluding tert-OH is 1. The maximum Gasteiger partial charge on any atom is 0.221 e. The Balaban J connectivity index is 2.14. The molecule has 2 atom stereocenters. The van der Waals surface area contributed by atoms with E-state index in [4.69, 9.17) is 5.11 Å². The van der Waals surface area contributed by atoms with Crippen LogP contribution in [0.3, 0.4) is 0 Å². The summed E-state index contributed by atoms with van der Waals surface area (Å²) >= 11 is 0. The molecule has 2 unspecified atom stereocenters. The highest BCUT2D eigenvalue weighted by Gasteiger charge is 2.16. The minimum absolute atomic E-state index is 0.0519. The molecule has 1 rings (SSSR count). The summed E-state index contributed by atoms with van der Waals surface area (Å²) in [5.74, 6) is 0.218. The lowest BCUT2D eigenvalue weighted by atomic mass is 10.1. The first-order chi connectivity index (χ1) is 7.63. The molecule has 1 amide bonds. The molecule has 4 heteroatoms. The molecular formula is C12H24N2O2. The molecule has 1 heterocycles. The Morgan fingerprint density at radius 1 is 1.38 bits per heavy atom. The Kier molecular flexibility index (Phi) is 5.77. The van der Waals surface area contributed by atoms with Gasteiger partial charge in [-0.25, -0.2) is 0 Å². The summed E-state index contributed by atoms with van der Waals surface area (Å²) in [6.07, 6.45) is 3.10. The molecule has 0 aromatic rings. The summed E-state index contributed by atoms with van der Waals surface area (Å²) in [4.78, 5) is 13.9. The molecule has 0 saturated carbocycles. The molecule has 0 bridgehead atoms. The standard InChI is InChI=1S/C12H24N2O2/c1-10(9-15)11(2)13-12(16)5-8-14-6-3-4-7-14/h10-11,15H,3-9H2,1-2H3,(H,13,16). The van der Waals surface area contributed by atoms with E-state index >= 15 is 0 Å². The molecule has 94 valence electrons. The Morgan fingerprint density at radius 2 is 2.00 bits per heavy atom. The Bertz CT molecular complexity index is 215. The molecule has 1 fully saturated rings. The molecule has 1 aliphatic heterocycles. The van der Waals surface area contributed by atoms with Gasteiger partial charge in [0.15, 0.2) is 0 Å². The number of nitrogens with zero attached hydrogens (tertiary/aromatic N) is 1. The zero-order valence-electron chi connectivity index (χ0n) is 10.4. The van der Waals surface area contributed by atoms with Gasteiger partial charge in [-0.15, -0.1) is 0 Å². The van der Waals surface area contributed by atoms with Gasteiger partial charge in [-0.2, -0.15) is 0 Å². The van der Waals surface area contributed by atoms with Crippen LogP contribution in [-0.2, 0) is 4.79 Å². The number of carbonyl (C=O) groups is 1. The molecule has 0 aliphatic carbocycles. The van der Waals surface area contributed by atoms with Crippen LogP contribution in [0.4, 0.5) is 0 Å². The Morgan fingerprint density at radius 3 is 2.56 bits per heavy atom. The van der Waals surface area contributed by atoms with E-state index in [2.05, 4.69) is 10.2 Å². The zero-order chi connectivity index (χ0) is 12.0. The van der Waals surface area contributed by atoms with Gasteiger partial charge in [0.25, 0.3) is 0 Å².